The molecule has 2 rings (SSSR count). The molecule has 0 bridgehead atoms. The maximum atomic E-state index is 12.6. The summed E-state index contributed by atoms with van der Waals surface area (Å²) in [5, 5.41) is 2.84. The van der Waals surface area contributed by atoms with Crippen LogP contribution in [0.2, 0.25) is 0 Å². The summed E-state index contributed by atoms with van der Waals surface area (Å²) < 4.78 is 35.9. The summed E-state index contributed by atoms with van der Waals surface area (Å²) in [6.45, 7) is 5.73. The van der Waals surface area contributed by atoms with Crippen LogP contribution in [0.15, 0.2) is 48.5 Å². The molecule has 0 aliphatic rings. The lowest BCUT2D eigenvalue weighted by molar-refractivity contribution is -0.122. The second kappa shape index (κ2) is 9.65. The van der Waals surface area contributed by atoms with Crippen LogP contribution in [0.5, 0.6) is 11.5 Å². The molecule has 0 heterocycles. The molecule has 0 spiro atoms. The van der Waals surface area contributed by atoms with Gasteiger partial charge in [0.05, 0.1) is 18.0 Å². The number of nitrogens with one attached hydrogen (secondary N) is 1. The van der Waals surface area contributed by atoms with Crippen molar-refractivity contribution in [1.29, 1.82) is 0 Å². The molecular formula is C21H28N2O5S. The van der Waals surface area contributed by atoms with Gasteiger partial charge in [0.2, 0.25) is 10.0 Å². The van der Waals surface area contributed by atoms with Gasteiger partial charge >= 0.3 is 0 Å². The molecular weight excluding hydrogens is 392 g/mol. The van der Waals surface area contributed by atoms with Gasteiger partial charge in [-0.2, -0.15) is 0 Å². The summed E-state index contributed by atoms with van der Waals surface area (Å²) in [6, 6.07) is 13.7. The Morgan fingerprint density at radius 1 is 1.07 bits per heavy atom. The van der Waals surface area contributed by atoms with E-state index in [1.807, 2.05) is 32.9 Å². The van der Waals surface area contributed by atoms with E-state index in [9.17, 15) is 13.2 Å². The second-order valence-corrected chi connectivity index (χ2v) is 8.94. The fourth-order valence-electron chi connectivity index (χ4n) is 2.55. The standard InChI is InChI=1S/C21H28N2O5S/c1-6-20(21(24)22-16-8-7-9-19(14-16)27-15(2)3)28-18-12-10-17(11-13-18)23(4)29(5,25)26/h7-15,20H,6H2,1-5H3,(H,22,24)/t20-/m1/s1. The summed E-state index contributed by atoms with van der Waals surface area (Å²) in [5.74, 6) is 0.887. The molecule has 0 fully saturated rings. The molecule has 0 saturated carbocycles. The molecule has 7 nitrogen and oxygen atoms in total. The highest BCUT2D eigenvalue weighted by atomic mass is 32.2. The maximum absolute atomic E-state index is 12.6. The van der Waals surface area contributed by atoms with Gasteiger partial charge in [0.1, 0.15) is 11.5 Å². The fraction of sp³-hybridized carbons (Fsp3) is 0.381. The van der Waals surface area contributed by atoms with Crippen LogP contribution >= 0.6 is 0 Å². The van der Waals surface area contributed by atoms with Crippen molar-refractivity contribution in [2.45, 2.75) is 39.4 Å². The summed E-state index contributed by atoms with van der Waals surface area (Å²) in [4.78, 5) is 12.6. The fourth-order valence-corrected chi connectivity index (χ4v) is 3.06. The van der Waals surface area contributed by atoms with Crippen LogP contribution in [-0.4, -0.2) is 39.8 Å². The second-order valence-electron chi connectivity index (χ2n) is 6.92. The van der Waals surface area contributed by atoms with Crippen molar-refractivity contribution in [2.75, 3.05) is 22.9 Å². The molecule has 2 aromatic carbocycles. The monoisotopic (exact) mass is 420 g/mol. The third-order valence-corrected chi connectivity index (χ3v) is 5.32. The molecule has 0 aliphatic carbocycles. The first kappa shape index (κ1) is 22.5. The smallest absolute Gasteiger partial charge is 0.265 e. The molecule has 8 heteroatoms. The largest absolute Gasteiger partial charge is 0.491 e. The minimum absolute atomic E-state index is 0.0392. The lowest BCUT2D eigenvalue weighted by atomic mass is 10.2. The van der Waals surface area contributed by atoms with Crippen molar-refractivity contribution >= 4 is 27.3 Å². The van der Waals surface area contributed by atoms with Crippen molar-refractivity contribution in [3.05, 3.63) is 48.5 Å². The molecule has 2 aromatic rings. The molecule has 0 aromatic heterocycles. The lowest BCUT2D eigenvalue weighted by Crippen LogP contribution is -2.32. The average Bonchev–Trinajstić information content (AvgIpc) is 2.65. The number of hydrogen-bond donors (Lipinski definition) is 1. The van der Waals surface area contributed by atoms with Crippen LogP contribution in [-0.2, 0) is 14.8 Å². The number of hydrogen-bond acceptors (Lipinski definition) is 5. The van der Waals surface area contributed by atoms with E-state index in [1.165, 1.54) is 11.4 Å². The van der Waals surface area contributed by atoms with E-state index in [2.05, 4.69) is 5.32 Å². The summed E-state index contributed by atoms with van der Waals surface area (Å²) in [6.07, 6.45) is 0.954. The predicted octanol–water partition coefficient (Wildman–Crippen LogP) is 3.67. The van der Waals surface area contributed by atoms with Crippen LogP contribution in [0.4, 0.5) is 11.4 Å². The van der Waals surface area contributed by atoms with Gasteiger partial charge in [0.15, 0.2) is 6.10 Å². The molecule has 1 N–H and O–H groups in total. The van der Waals surface area contributed by atoms with E-state index in [4.69, 9.17) is 9.47 Å². The lowest BCUT2D eigenvalue weighted by Gasteiger charge is -2.19. The number of anilines is 2. The maximum Gasteiger partial charge on any atom is 0.265 e. The van der Waals surface area contributed by atoms with Gasteiger partial charge in [-0.25, -0.2) is 8.42 Å². The first-order valence-corrected chi connectivity index (χ1v) is 11.2. The molecule has 158 valence electrons. The van der Waals surface area contributed by atoms with Crippen LogP contribution < -0.4 is 19.1 Å². The zero-order chi connectivity index (χ0) is 21.6. The number of nitrogens with zero attached hydrogens (tertiary/aromatic N) is 1. The highest BCUT2D eigenvalue weighted by molar-refractivity contribution is 7.92. The van der Waals surface area contributed by atoms with E-state index in [0.717, 1.165) is 6.26 Å². The van der Waals surface area contributed by atoms with Crippen molar-refractivity contribution in [1.82, 2.24) is 0 Å². The molecule has 1 amide bonds. The van der Waals surface area contributed by atoms with Gasteiger partial charge in [-0.3, -0.25) is 9.10 Å². The number of amides is 1. The molecule has 29 heavy (non-hydrogen) atoms. The van der Waals surface area contributed by atoms with E-state index in [1.54, 1.807) is 36.4 Å². The first-order valence-electron chi connectivity index (χ1n) is 9.38. The SMILES string of the molecule is CC[C@@H](Oc1ccc(N(C)S(C)(=O)=O)cc1)C(=O)Nc1cccc(OC(C)C)c1. The Hall–Kier alpha value is -2.74. The van der Waals surface area contributed by atoms with Crippen molar-refractivity contribution in [3.63, 3.8) is 0 Å². The zero-order valence-corrected chi connectivity index (χ0v) is 18.2. The molecule has 1 atom stereocenters. The molecule has 0 aliphatic heterocycles. The number of carbonyl (C=O) groups excluding carboxylic acids is 1. The molecule has 0 unspecified atom stereocenters. The minimum atomic E-state index is -3.34. The van der Waals surface area contributed by atoms with E-state index >= 15 is 0 Å². The van der Waals surface area contributed by atoms with Crippen LogP contribution in [0.3, 0.4) is 0 Å². The Kier molecular flexibility index (Phi) is 7.50. The van der Waals surface area contributed by atoms with Gasteiger partial charge in [-0.15, -0.1) is 0 Å². The Balaban J connectivity index is 2.05. The molecule has 0 radical (unpaired) electrons. The molecule has 0 saturated heterocycles. The normalized spacial score (nSPS) is 12.3. The Morgan fingerprint density at radius 2 is 1.72 bits per heavy atom. The summed E-state index contributed by atoms with van der Waals surface area (Å²) in [5.41, 5.74) is 1.14. The third kappa shape index (κ3) is 6.67. The zero-order valence-electron chi connectivity index (χ0n) is 17.4. The third-order valence-electron chi connectivity index (χ3n) is 4.11. The highest BCUT2D eigenvalue weighted by Gasteiger charge is 2.19. The van der Waals surface area contributed by atoms with Gasteiger partial charge in [0, 0.05) is 18.8 Å². The number of benzene rings is 2. The number of rotatable bonds is 9. The van der Waals surface area contributed by atoms with Crippen molar-refractivity contribution < 1.29 is 22.7 Å². The summed E-state index contributed by atoms with van der Waals surface area (Å²) >= 11 is 0. The highest BCUT2D eigenvalue weighted by Crippen LogP contribution is 2.23. The van der Waals surface area contributed by atoms with Gasteiger partial charge in [0.25, 0.3) is 5.91 Å². The van der Waals surface area contributed by atoms with Crippen LogP contribution in [0, 0.1) is 0 Å². The van der Waals surface area contributed by atoms with E-state index in [-0.39, 0.29) is 12.0 Å². The Morgan fingerprint density at radius 3 is 2.28 bits per heavy atom. The first-order chi connectivity index (χ1) is 13.6. The van der Waals surface area contributed by atoms with Crippen molar-refractivity contribution in [3.8, 4) is 11.5 Å². The number of ether oxygens (including phenoxy) is 2. The van der Waals surface area contributed by atoms with Gasteiger partial charge in [-0.1, -0.05) is 13.0 Å². The topological polar surface area (TPSA) is 84.9 Å². The predicted molar refractivity (Wildman–Crippen MR) is 115 cm³/mol. The Labute approximate surface area is 172 Å². The Bertz CT molecular complexity index is 926. The van der Waals surface area contributed by atoms with Crippen LogP contribution in [0.1, 0.15) is 27.2 Å². The number of carbonyl (C=O) groups is 1. The average molecular weight is 421 g/mol. The quantitative estimate of drug-likeness (QED) is 0.669. The van der Waals surface area contributed by atoms with E-state index < -0.39 is 16.1 Å². The van der Waals surface area contributed by atoms with Crippen LogP contribution in [0.25, 0.3) is 0 Å². The summed E-state index contributed by atoms with van der Waals surface area (Å²) in [7, 11) is -1.86. The van der Waals surface area contributed by atoms with Gasteiger partial charge < -0.3 is 14.8 Å². The van der Waals surface area contributed by atoms with E-state index in [0.29, 0.717) is 29.3 Å². The number of sulfonamides is 1. The van der Waals surface area contributed by atoms with Crippen molar-refractivity contribution in [2.24, 2.45) is 0 Å². The minimum Gasteiger partial charge on any atom is -0.491 e. The van der Waals surface area contributed by atoms with Gasteiger partial charge in [-0.05, 0) is 56.7 Å².